The number of aliphatic hydroxyl groups is 2. The van der Waals surface area contributed by atoms with Gasteiger partial charge in [-0.25, -0.2) is 0 Å². The molecule has 0 saturated carbocycles. The normalized spacial score (nSPS) is 12.6. The summed E-state index contributed by atoms with van der Waals surface area (Å²) >= 11 is 0. The molecule has 0 radical (unpaired) electrons. The number of hydrogen-bond acceptors (Lipinski definition) is 4. The molecule has 5 N–H and O–H groups in total. The zero-order chi connectivity index (χ0) is 25.6. The van der Waals surface area contributed by atoms with E-state index in [9.17, 15) is 20.1 Å². The molecule has 4 aromatic carbocycles. The number of carboxylic acids is 1. The minimum absolute atomic E-state index is 0.136. The monoisotopic (exact) mass is 471 g/mol. The van der Waals surface area contributed by atoms with Gasteiger partial charge in [-0.3, -0.25) is 0 Å². The summed E-state index contributed by atoms with van der Waals surface area (Å²) in [6.45, 7) is 3.78. The molecule has 35 heavy (non-hydrogen) atoms. The highest BCUT2D eigenvalue weighted by Crippen LogP contribution is 2.24. The molecule has 0 heterocycles. The number of aliphatic hydroxyl groups excluding tert-OH is 2. The Labute approximate surface area is 207 Å². The van der Waals surface area contributed by atoms with Gasteiger partial charge in [0.15, 0.2) is 0 Å². The van der Waals surface area contributed by atoms with Gasteiger partial charge in [0.1, 0.15) is 12.1 Å². The summed E-state index contributed by atoms with van der Waals surface area (Å²) < 4.78 is 0. The highest BCUT2D eigenvalue weighted by molar-refractivity contribution is 5.85. The molecular formula is C30H33NO4. The van der Waals surface area contributed by atoms with Crippen molar-refractivity contribution in [3.05, 3.63) is 143 Å². The van der Waals surface area contributed by atoms with Gasteiger partial charge in [-0.05, 0) is 36.1 Å². The fourth-order valence-corrected chi connectivity index (χ4v) is 3.39. The van der Waals surface area contributed by atoms with E-state index in [1.54, 1.807) is 25.1 Å². The Morgan fingerprint density at radius 1 is 0.714 bits per heavy atom. The highest BCUT2D eigenvalue weighted by Gasteiger charge is 2.21. The Hall–Kier alpha value is -3.77. The van der Waals surface area contributed by atoms with E-state index in [0.717, 1.165) is 22.3 Å². The summed E-state index contributed by atoms with van der Waals surface area (Å²) in [5, 5.41) is 29.5. The second-order valence-electron chi connectivity index (χ2n) is 8.06. The van der Waals surface area contributed by atoms with Crippen LogP contribution in [-0.4, -0.2) is 16.2 Å². The van der Waals surface area contributed by atoms with Gasteiger partial charge in [0.25, 0.3) is 0 Å². The van der Waals surface area contributed by atoms with E-state index in [1.807, 2.05) is 91.9 Å². The van der Waals surface area contributed by atoms with Crippen molar-refractivity contribution in [2.75, 3.05) is 0 Å². The number of carbonyl (C=O) groups excluding carboxylic acids is 1. The first-order chi connectivity index (χ1) is 16.8. The van der Waals surface area contributed by atoms with Gasteiger partial charge in [0.05, 0.1) is 12.1 Å². The molecule has 0 amide bonds. The molecule has 0 fully saturated rings. The molecular weight excluding hydrogens is 438 g/mol. The molecule has 0 aliphatic rings. The molecule has 3 atom stereocenters. The van der Waals surface area contributed by atoms with Gasteiger partial charge in [0.2, 0.25) is 0 Å². The SMILES string of the molecule is Cc1ccccc1[C@@H](C)O.O=C([O-])c1ccccc1.[NH3+][C@H](c1ccccc1)[C@@H](O)c1ccccc1. The zero-order valence-electron chi connectivity index (χ0n) is 20.1. The molecule has 5 heteroatoms. The lowest BCUT2D eigenvalue weighted by atomic mass is 9.97. The average molecular weight is 472 g/mol. The van der Waals surface area contributed by atoms with Crippen LogP contribution in [0, 0.1) is 6.92 Å². The van der Waals surface area contributed by atoms with Crippen LogP contribution in [0.5, 0.6) is 0 Å². The lowest BCUT2D eigenvalue weighted by Crippen LogP contribution is -2.56. The third-order valence-electron chi connectivity index (χ3n) is 5.40. The lowest BCUT2D eigenvalue weighted by Gasteiger charge is -2.16. The van der Waals surface area contributed by atoms with Crippen molar-refractivity contribution in [2.45, 2.75) is 32.1 Å². The van der Waals surface area contributed by atoms with Crippen molar-refractivity contribution in [3.8, 4) is 0 Å². The number of benzene rings is 4. The maximum Gasteiger partial charge on any atom is 0.140 e. The Kier molecular flexibility index (Phi) is 11.4. The Morgan fingerprint density at radius 2 is 1.14 bits per heavy atom. The van der Waals surface area contributed by atoms with Crippen LogP contribution in [0.25, 0.3) is 0 Å². The van der Waals surface area contributed by atoms with Crippen LogP contribution < -0.4 is 10.8 Å². The smallest absolute Gasteiger partial charge is 0.140 e. The maximum atomic E-state index is 10.2. The van der Waals surface area contributed by atoms with E-state index < -0.39 is 12.1 Å². The molecule has 5 nitrogen and oxygen atoms in total. The number of carboxylic acid groups (broad SMARTS) is 1. The van der Waals surface area contributed by atoms with E-state index >= 15 is 0 Å². The van der Waals surface area contributed by atoms with E-state index in [-0.39, 0.29) is 17.7 Å². The van der Waals surface area contributed by atoms with E-state index in [4.69, 9.17) is 0 Å². The predicted molar refractivity (Wildman–Crippen MR) is 136 cm³/mol. The van der Waals surface area contributed by atoms with Crippen LogP contribution in [0.15, 0.2) is 115 Å². The van der Waals surface area contributed by atoms with Gasteiger partial charge in [-0.2, -0.15) is 0 Å². The first kappa shape index (κ1) is 27.5. The molecule has 182 valence electrons. The molecule has 0 aliphatic carbocycles. The molecule has 0 unspecified atom stereocenters. The standard InChI is InChI=1S/C14H15NO.C9H12O.C7H6O2/c15-13(11-7-3-1-4-8-11)14(16)12-9-5-2-6-10-12;1-7-5-3-4-6-9(7)8(2)10;8-7(9)6-4-2-1-3-5-6/h1-10,13-14,16H,15H2;3-6,8,10H,1-2H3;1-5H,(H,8,9)/t13-,14+;8-;/m11./s1. The van der Waals surface area contributed by atoms with Crippen molar-refractivity contribution in [1.29, 1.82) is 0 Å². The number of hydrogen-bond donors (Lipinski definition) is 3. The van der Waals surface area contributed by atoms with Gasteiger partial charge >= 0.3 is 0 Å². The van der Waals surface area contributed by atoms with E-state index in [2.05, 4.69) is 5.73 Å². The topological polar surface area (TPSA) is 108 Å². The number of quaternary nitrogens is 1. The molecule has 0 bridgehead atoms. The van der Waals surface area contributed by atoms with Crippen molar-refractivity contribution < 1.29 is 25.8 Å². The molecule has 0 saturated heterocycles. The van der Waals surface area contributed by atoms with Crippen LogP contribution in [0.3, 0.4) is 0 Å². The maximum absolute atomic E-state index is 10.2. The zero-order valence-corrected chi connectivity index (χ0v) is 20.1. The summed E-state index contributed by atoms with van der Waals surface area (Å²) in [7, 11) is 0. The summed E-state index contributed by atoms with van der Waals surface area (Å²) in [5.74, 6) is -1.13. The van der Waals surface area contributed by atoms with Crippen LogP contribution >= 0.6 is 0 Å². The molecule has 4 rings (SSSR count). The van der Waals surface area contributed by atoms with E-state index in [1.165, 1.54) is 12.1 Å². The minimum atomic E-state index is -1.13. The first-order valence-corrected chi connectivity index (χ1v) is 11.4. The summed E-state index contributed by atoms with van der Waals surface area (Å²) in [6, 6.07) is 35.3. The highest BCUT2D eigenvalue weighted by atomic mass is 16.4. The second kappa shape index (κ2) is 14.5. The minimum Gasteiger partial charge on any atom is -0.545 e. The summed E-state index contributed by atoms with van der Waals surface area (Å²) in [6.07, 6.45) is -0.898. The van der Waals surface area contributed by atoms with Gasteiger partial charge in [0, 0.05) is 5.56 Å². The number of aromatic carboxylic acids is 1. The third-order valence-corrected chi connectivity index (χ3v) is 5.40. The van der Waals surface area contributed by atoms with Gasteiger partial charge in [-0.1, -0.05) is 115 Å². The van der Waals surface area contributed by atoms with Crippen LogP contribution in [0.4, 0.5) is 0 Å². The van der Waals surface area contributed by atoms with Crippen molar-refractivity contribution in [3.63, 3.8) is 0 Å². The third kappa shape index (κ3) is 9.18. The van der Waals surface area contributed by atoms with E-state index in [0.29, 0.717) is 0 Å². The Balaban J connectivity index is 0.000000197. The second-order valence-corrected chi connectivity index (χ2v) is 8.06. The fourth-order valence-electron chi connectivity index (χ4n) is 3.39. The predicted octanol–water partition coefficient (Wildman–Crippen LogP) is 3.80. The number of aryl methyl sites for hydroxylation is 1. The Morgan fingerprint density at radius 3 is 1.54 bits per heavy atom. The van der Waals surface area contributed by atoms with Crippen LogP contribution in [0.1, 0.15) is 57.8 Å². The van der Waals surface area contributed by atoms with Crippen molar-refractivity contribution in [1.82, 2.24) is 0 Å². The van der Waals surface area contributed by atoms with Crippen molar-refractivity contribution in [2.24, 2.45) is 0 Å². The largest absolute Gasteiger partial charge is 0.545 e. The van der Waals surface area contributed by atoms with Crippen LogP contribution in [0.2, 0.25) is 0 Å². The molecule has 0 aromatic heterocycles. The Bertz CT molecular complexity index is 1090. The summed E-state index contributed by atoms with van der Waals surface area (Å²) in [4.78, 5) is 10.1. The molecule has 4 aromatic rings. The van der Waals surface area contributed by atoms with Gasteiger partial charge < -0.3 is 25.8 Å². The van der Waals surface area contributed by atoms with Crippen LogP contribution in [-0.2, 0) is 0 Å². The number of carbonyl (C=O) groups is 1. The first-order valence-electron chi connectivity index (χ1n) is 11.4. The quantitative estimate of drug-likeness (QED) is 0.411. The molecule has 0 spiro atoms. The fraction of sp³-hybridized carbons (Fsp3) is 0.167. The summed E-state index contributed by atoms with van der Waals surface area (Å²) in [5.41, 5.74) is 8.38. The molecule has 0 aliphatic heterocycles. The average Bonchev–Trinajstić information content (AvgIpc) is 2.90. The van der Waals surface area contributed by atoms with Crippen molar-refractivity contribution >= 4 is 5.97 Å². The van der Waals surface area contributed by atoms with Gasteiger partial charge in [-0.15, -0.1) is 0 Å². The number of rotatable bonds is 5. The lowest BCUT2D eigenvalue weighted by molar-refractivity contribution is -0.446.